The summed E-state index contributed by atoms with van der Waals surface area (Å²) in [6.45, 7) is 1.68. The molecule has 1 N–H and O–H groups in total. The molecule has 2 rings (SSSR count). The highest BCUT2D eigenvalue weighted by molar-refractivity contribution is 5.52. The zero-order chi connectivity index (χ0) is 16.4. The quantitative estimate of drug-likeness (QED) is 0.926. The van der Waals surface area contributed by atoms with E-state index in [0.717, 1.165) is 9.13 Å². The van der Waals surface area contributed by atoms with E-state index in [0.29, 0.717) is 5.56 Å². The maximum absolute atomic E-state index is 13.8. The Labute approximate surface area is 126 Å². The number of halogens is 1. The minimum absolute atomic E-state index is 0.0753. The maximum atomic E-state index is 13.8. The molecule has 0 aliphatic rings. The fourth-order valence-corrected chi connectivity index (χ4v) is 2.22. The van der Waals surface area contributed by atoms with Gasteiger partial charge in [0.05, 0.1) is 6.04 Å². The van der Waals surface area contributed by atoms with Crippen LogP contribution >= 0.6 is 0 Å². The predicted molar refractivity (Wildman–Crippen MR) is 80.1 cm³/mol. The Kier molecular flexibility index (Phi) is 4.13. The number of benzene rings is 1. The van der Waals surface area contributed by atoms with E-state index in [1.54, 1.807) is 31.2 Å². The van der Waals surface area contributed by atoms with Gasteiger partial charge in [0, 0.05) is 19.7 Å². The molecule has 7 heteroatoms. The minimum atomic E-state index is -0.686. The van der Waals surface area contributed by atoms with Crippen LogP contribution in [0.3, 0.4) is 0 Å². The molecule has 1 aromatic carbocycles. The van der Waals surface area contributed by atoms with E-state index in [-0.39, 0.29) is 11.4 Å². The molecule has 1 atom stereocenters. The largest absolute Gasteiger partial charge is 0.363 e. The summed E-state index contributed by atoms with van der Waals surface area (Å²) in [5.74, 6) is -0.332. The number of nitriles is 1. The summed E-state index contributed by atoms with van der Waals surface area (Å²) in [4.78, 5) is 24.0. The molecule has 114 valence electrons. The number of aromatic nitrogens is 2. The van der Waals surface area contributed by atoms with Crippen LogP contribution < -0.4 is 16.6 Å². The van der Waals surface area contributed by atoms with Crippen molar-refractivity contribution >= 4 is 5.82 Å². The Balaban J connectivity index is 2.56. The minimum Gasteiger partial charge on any atom is -0.363 e. The summed E-state index contributed by atoms with van der Waals surface area (Å²) >= 11 is 0. The molecule has 0 unspecified atom stereocenters. The Hall–Kier alpha value is -2.88. The first kappa shape index (κ1) is 15.5. The van der Waals surface area contributed by atoms with Crippen molar-refractivity contribution in [3.63, 3.8) is 0 Å². The third-order valence-electron chi connectivity index (χ3n) is 3.50. The van der Waals surface area contributed by atoms with Gasteiger partial charge in [-0.2, -0.15) is 5.26 Å². The zero-order valence-electron chi connectivity index (χ0n) is 12.4. The predicted octanol–water partition coefficient (Wildman–Crippen LogP) is 1.27. The van der Waals surface area contributed by atoms with E-state index < -0.39 is 23.1 Å². The summed E-state index contributed by atoms with van der Waals surface area (Å²) < 4.78 is 15.8. The lowest BCUT2D eigenvalue weighted by Gasteiger charge is -2.19. The van der Waals surface area contributed by atoms with Gasteiger partial charge in [-0.3, -0.25) is 13.9 Å². The number of hydrogen-bond donors (Lipinski definition) is 1. The zero-order valence-corrected chi connectivity index (χ0v) is 12.4. The third kappa shape index (κ3) is 2.51. The second-order valence-electron chi connectivity index (χ2n) is 4.93. The van der Waals surface area contributed by atoms with Crippen LogP contribution in [-0.4, -0.2) is 9.13 Å². The summed E-state index contributed by atoms with van der Waals surface area (Å²) in [6.07, 6.45) is 0. The number of nitrogens with zero attached hydrogens (tertiary/aromatic N) is 3. The van der Waals surface area contributed by atoms with Gasteiger partial charge in [-0.25, -0.2) is 9.18 Å². The average Bonchev–Trinajstić information content (AvgIpc) is 2.51. The average molecular weight is 302 g/mol. The van der Waals surface area contributed by atoms with Crippen LogP contribution in [0.15, 0.2) is 33.9 Å². The first-order chi connectivity index (χ1) is 10.4. The Morgan fingerprint density at radius 2 is 1.86 bits per heavy atom. The van der Waals surface area contributed by atoms with E-state index in [9.17, 15) is 19.2 Å². The standard InChI is InChI=1S/C15H15FN4O2/c1-9(10-6-4-5-7-12(10)16)18-13-11(8-17)14(21)20(3)15(22)19(13)2/h4-7,9,18H,1-3H3/t9-/m1/s1. The summed E-state index contributed by atoms with van der Waals surface area (Å²) in [7, 11) is 2.74. The molecule has 22 heavy (non-hydrogen) atoms. The van der Waals surface area contributed by atoms with Gasteiger partial charge in [-0.1, -0.05) is 18.2 Å². The maximum Gasteiger partial charge on any atom is 0.332 e. The first-order valence-corrected chi connectivity index (χ1v) is 6.59. The van der Waals surface area contributed by atoms with Crippen LogP contribution in [0.1, 0.15) is 24.1 Å². The highest BCUT2D eigenvalue weighted by Gasteiger charge is 2.18. The van der Waals surface area contributed by atoms with Crippen LogP contribution in [0.5, 0.6) is 0 Å². The van der Waals surface area contributed by atoms with E-state index in [1.165, 1.54) is 20.2 Å². The highest BCUT2D eigenvalue weighted by Crippen LogP contribution is 2.21. The van der Waals surface area contributed by atoms with Crippen molar-refractivity contribution in [2.75, 3.05) is 5.32 Å². The Morgan fingerprint density at radius 3 is 2.45 bits per heavy atom. The van der Waals surface area contributed by atoms with Crippen LogP contribution in [0.25, 0.3) is 0 Å². The molecule has 0 aliphatic heterocycles. The Morgan fingerprint density at radius 1 is 1.23 bits per heavy atom. The molecule has 0 saturated heterocycles. The van der Waals surface area contributed by atoms with Crippen molar-refractivity contribution in [2.24, 2.45) is 14.1 Å². The van der Waals surface area contributed by atoms with Crippen LogP contribution in [-0.2, 0) is 14.1 Å². The van der Waals surface area contributed by atoms with Gasteiger partial charge in [-0.15, -0.1) is 0 Å². The topological polar surface area (TPSA) is 79.8 Å². The van der Waals surface area contributed by atoms with Gasteiger partial charge in [0.15, 0.2) is 5.56 Å². The van der Waals surface area contributed by atoms with Crippen molar-refractivity contribution in [3.8, 4) is 6.07 Å². The fourth-order valence-electron chi connectivity index (χ4n) is 2.22. The second-order valence-corrected chi connectivity index (χ2v) is 4.93. The molecular formula is C15H15FN4O2. The van der Waals surface area contributed by atoms with Crippen LogP contribution in [0.4, 0.5) is 10.2 Å². The molecule has 0 amide bonds. The smallest absolute Gasteiger partial charge is 0.332 e. The van der Waals surface area contributed by atoms with Crippen molar-refractivity contribution in [3.05, 3.63) is 62.0 Å². The molecule has 1 heterocycles. The molecule has 1 aromatic heterocycles. The SMILES string of the molecule is C[C@@H](Nc1c(C#N)c(=O)n(C)c(=O)n1C)c1ccccc1F. The van der Waals surface area contributed by atoms with E-state index >= 15 is 0 Å². The summed E-state index contributed by atoms with van der Waals surface area (Å²) in [5.41, 5.74) is -1.06. The lowest BCUT2D eigenvalue weighted by atomic mass is 10.1. The molecule has 0 bridgehead atoms. The van der Waals surface area contributed by atoms with Gasteiger partial charge in [0.1, 0.15) is 17.7 Å². The first-order valence-electron chi connectivity index (χ1n) is 6.59. The van der Waals surface area contributed by atoms with Crippen molar-refractivity contribution < 1.29 is 4.39 Å². The van der Waals surface area contributed by atoms with E-state index in [2.05, 4.69) is 5.32 Å². The normalized spacial score (nSPS) is 11.8. The lowest BCUT2D eigenvalue weighted by molar-refractivity contribution is 0.597. The van der Waals surface area contributed by atoms with Crippen molar-refractivity contribution in [2.45, 2.75) is 13.0 Å². The molecule has 0 saturated carbocycles. The molecule has 0 radical (unpaired) electrons. The monoisotopic (exact) mass is 302 g/mol. The van der Waals surface area contributed by atoms with Gasteiger partial charge < -0.3 is 5.32 Å². The van der Waals surface area contributed by atoms with Crippen molar-refractivity contribution in [1.29, 1.82) is 5.26 Å². The fraction of sp³-hybridized carbons (Fsp3) is 0.267. The van der Waals surface area contributed by atoms with Gasteiger partial charge in [-0.05, 0) is 13.0 Å². The summed E-state index contributed by atoms with van der Waals surface area (Å²) in [6, 6.07) is 7.44. The second kappa shape index (κ2) is 5.85. The van der Waals surface area contributed by atoms with Crippen LogP contribution in [0, 0.1) is 17.1 Å². The van der Waals surface area contributed by atoms with Crippen molar-refractivity contribution in [1.82, 2.24) is 9.13 Å². The van der Waals surface area contributed by atoms with Gasteiger partial charge >= 0.3 is 5.69 Å². The summed E-state index contributed by atoms with van der Waals surface area (Å²) in [5, 5.41) is 12.1. The number of rotatable bonds is 3. The van der Waals surface area contributed by atoms with Gasteiger partial charge in [0.25, 0.3) is 5.56 Å². The Bertz CT molecular complexity index is 877. The molecule has 2 aromatic rings. The molecule has 6 nitrogen and oxygen atoms in total. The van der Waals surface area contributed by atoms with E-state index in [1.807, 2.05) is 0 Å². The highest BCUT2D eigenvalue weighted by atomic mass is 19.1. The number of hydrogen-bond acceptors (Lipinski definition) is 4. The number of anilines is 1. The van der Waals surface area contributed by atoms with Crippen LogP contribution in [0.2, 0.25) is 0 Å². The molecule has 0 fully saturated rings. The third-order valence-corrected chi connectivity index (χ3v) is 3.50. The lowest BCUT2D eigenvalue weighted by Crippen LogP contribution is -2.40. The molecule has 0 spiro atoms. The van der Waals surface area contributed by atoms with Gasteiger partial charge in [0.2, 0.25) is 0 Å². The molecular weight excluding hydrogens is 287 g/mol. The van der Waals surface area contributed by atoms with E-state index in [4.69, 9.17) is 0 Å². The molecule has 0 aliphatic carbocycles. The number of nitrogens with one attached hydrogen (secondary N) is 1.